The second-order valence-corrected chi connectivity index (χ2v) is 8.49. The van der Waals surface area contributed by atoms with Crippen molar-refractivity contribution in [3.05, 3.63) is 66.0 Å². The van der Waals surface area contributed by atoms with E-state index in [1.165, 1.54) is 0 Å². The predicted octanol–water partition coefficient (Wildman–Crippen LogP) is 4.88. The molecule has 0 spiro atoms. The maximum Gasteiger partial charge on any atom is 0.229 e. The molecule has 0 radical (unpaired) electrons. The molecule has 0 bridgehead atoms. The number of pyridine rings is 1. The number of nitrogens with zero attached hydrogens (tertiary/aromatic N) is 5. The Balaban J connectivity index is 1.81. The number of fused-ring (bicyclic) bond motifs is 1. The van der Waals surface area contributed by atoms with Crippen LogP contribution in [0.3, 0.4) is 0 Å². The summed E-state index contributed by atoms with van der Waals surface area (Å²) < 4.78 is 6.40. The Bertz CT molecular complexity index is 1310. The van der Waals surface area contributed by atoms with E-state index in [9.17, 15) is 5.26 Å². The van der Waals surface area contributed by atoms with E-state index in [1.807, 2.05) is 37.3 Å². The molecule has 3 heterocycles. The van der Waals surface area contributed by atoms with E-state index in [0.717, 1.165) is 47.5 Å². The van der Waals surface area contributed by atoms with Crippen LogP contribution in [-0.4, -0.2) is 48.1 Å². The Hall–Kier alpha value is -3.69. The number of likely N-dealkylation sites (N-methyl/N-ethyl adjacent to an activating group) is 1. The van der Waals surface area contributed by atoms with Crippen LogP contribution in [-0.2, 0) is 0 Å². The van der Waals surface area contributed by atoms with Gasteiger partial charge in [0.15, 0.2) is 5.58 Å². The molecule has 1 saturated heterocycles. The number of anilines is 1. The third kappa shape index (κ3) is 3.31. The molecular weight excluding hydrogens is 398 g/mol. The summed E-state index contributed by atoms with van der Waals surface area (Å²) in [5.41, 5.74) is 6.72. The molecule has 1 aliphatic heterocycles. The van der Waals surface area contributed by atoms with Crippen molar-refractivity contribution in [1.29, 1.82) is 5.26 Å². The van der Waals surface area contributed by atoms with Gasteiger partial charge in [-0.2, -0.15) is 5.26 Å². The Labute approximate surface area is 187 Å². The molecule has 0 amide bonds. The first-order valence-corrected chi connectivity index (χ1v) is 10.8. The quantitative estimate of drug-likeness (QED) is 0.466. The van der Waals surface area contributed by atoms with E-state index in [1.54, 1.807) is 12.4 Å². The van der Waals surface area contributed by atoms with E-state index >= 15 is 0 Å². The van der Waals surface area contributed by atoms with Gasteiger partial charge in [-0.05, 0) is 50.7 Å². The van der Waals surface area contributed by atoms with Crippen molar-refractivity contribution in [3.63, 3.8) is 0 Å². The molecule has 2 aromatic carbocycles. The molecule has 6 nitrogen and oxygen atoms in total. The Kier molecular flexibility index (Phi) is 5.12. The minimum atomic E-state index is 0.463. The van der Waals surface area contributed by atoms with Crippen LogP contribution in [0.5, 0.6) is 0 Å². The van der Waals surface area contributed by atoms with Crippen LogP contribution >= 0.6 is 0 Å². The first kappa shape index (κ1) is 20.2. The summed E-state index contributed by atoms with van der Waals surface area (Å²) in [5, 5.41) is 10.1. The fourth-order valence-corrected chi connectivity index (χ4v) is 4.62. The molecule has 2 aromatic heterocycles. The SMILES string of the molecule is Cc1c(-c2ccccc2)c(N2CCC(N(C)C)C2)c2oc(-c3cccnc3)nc2c1C#N. The highest BCUT2D eigenvalue weighted by Crippen LogP contribution is 2.44. The van der Waals surface area contributed by atoms with Crippen LogP contribution in [0.2, 0.25) is 0 Å². The van der Waals surface area contributed by atoms with Crippen molar-refractivity contribution in [2.24, 2.45) is 0 Å². The number of oxazole rings is 1. The first-order valence-electron chi connectivity index (χ1n) is 10.8. The van der Waals surface area contributed by atoms with Gasteiger partial charge < -0.3 is 14.2 Å². The largest absolute Gasteiger partial charge is 0.434 e. The maximum atomic E-state index is 10.1. The van der Waals surface area contributed by atoms with Gasteiger partial charge in [-0.3, -0.25) is 4.98 Å². The summed E-state index contributed by atoms with van der Waals surface area (Å²) in [4.78, 5) is 13.6. The number of hydrogen-bond donors (Lipinski definition) is 0. The normalized spacial score (nSPS) is 16.1. The van der Waals surface area contributed by atoms with Crippen LogP contribution in [0.15, 0.2) is 59.3 Å². The molecule has 0 saturated carbocycles. The minimum absolute atomic E-state index is 0.463. The van der Waals surface area contributed by atoms with E-state index in [0.29, 0.717) is 28.6 Å². The lowest BCUT2D eigenvalue weighted by Crippen LogP contribution is -2.31. The lowest BCUT2D eigenvalue weighted by molar-refractivity contribution is 0.315. The van der Waals surface area contributed by atoms with Gasteiger partial charge in [-0.25, -0.2) is 4.98 Å². The third-order valence-corrected chi connectivity index (χ3v) is 6.36. The predicted molar refractivity (Wildman–Crippen MR) is 126 cm³/mol. The van der Waals surface area contributed by atoms with Gasteiger partial charge in [0.05, 0.1) is 16.8 Å². The maximum absolute atomic E-state index is 10.1. The Morgan fingerprint density at radius 2 is 1.91 bits per heavy atom. The fourth-order valence-electron chi connectivity index (χ4n) is 4.62. The van der Waals surface area contributed by atoms with Gasteiger partial charge in [0.25, 0.3) is 0 Å². The number of benzene rings is 2. The molecule has 4 aromatic rings. The smallest absolute Gasteiger partial charge is 0.229 e. The van der Waals surface area contributed by atoms with Crippen LogP contribution in [0.4, 0.5) is 5.69 Å². The summed E-state index contributed by atoms with van der Waals surface area (Å²) >= 11 is 0. The van der Waals surface area contributed by atoms with Gasteiger partial charge in [-0.15, -0.1) is 0 Å². The summed E-state index contributed by atoms with van der Waals surface area (Å²) in [6, 6.07) is 16.9. The van der Waals surface area contributed by atoms with Crippen molar-refractivity contribution in [1.82, 2.24) is 14.9 Å². The van der Waals surface area contributed by atoms with E-state index in [4.69, 9.17) is 9.40 Å². The van der Waals surface area contributed by atoms with Crippen molar-refractivity contribution in [2.75, 3.05) is 32.1 Å². The summed E-state index contributed by atoms with van der Waals surface area (Å²) in [5.74, 6) is 0.485. The Morgan fingerprint density at radius 3 is 2.56 bits per heavy atom. The molecule has 0 aliphatic carbocycles. The highest BCUT2D eigenvalue weighted by atomic mass is 16.3. The molecule has 1 unspecified atom stereocenters. The molecular formula is C26H25N5O. The van der Waals surface area contributed by atoms with Crippen molar-refractivity contribution >= 4 is 16.8 Å². The second kappa shape index (κ2) is 8.10. The fraction of sp³-hybridized carbons (Fsp3) is 0.269. The van der Waals surface area contributed by atoms with Crippen molar-refractivity contribution in [3.8, 4) is 28.7 Å². The standard InChI is InChI=1S/C26H25N5O/c1-17-21(14-27)23-25(32-26(29-23)19-10-7-12-28-15-19)24(22(17)18-8-5-4-6-9-18)31-13-11-20(16-31)30(2)3/h4-10,12,15,20H,11,13,16H2,1-3H3. The number of nitriles is 1. The second-order valence-electron chi connectivity index (χ2n) is 8.49. The van der Waals surface area contributed by atoms with Crippen LogP contribution in [0.1, 0.15) is 17.5 Å². The lowest BCUT2D eigenvalue weighted by Gasteiger charge is -2.25. The molecule has 1 atom stereocenters. The zero-order valence-corrected chi connectivity index (χ0v) is 18.5. The third-order valence-electron chi connectivity index (χ3n) is 6.36. The molecule has 1 fully saturated rings. The van der Waals surface area contributed by atoms with Gasteiger partial charge >= 0.3 is 0 Å². The average molecular weight is 424 g/mol. The van der Waals surface area contributed by atoms with Gasteiger partial charge in [0, 0.05) is 37.1 Å². The zero-order valence-electron chi connectivity index (χ0n) is 18.5. The Morgan fingerprint density at radius 1 is 1.12 bits per heavy atom. The van der Waals surface area contributed by atoms with Crippen LogP contribution < -0.4 is 4.90 Å². The summed E-state index contributed by atoms with van der Waals surface area (Å²) in [7, 11) is 4.25. The highest BCUT2D eigenvalue weighted by molar-refractivity contribution is 6.03. The van der Waals surface area contributed by atoms with E-state index in [2.05, 4.69) is 47.1 Å². The highest BCUT2D eigenvalue weighted by Gasteiger charge is 2.31. The average Bonchev–Trinajstić information content (AvgIpc) is 3.48. The monoisotopic (exact) mass is 423 g/mol. The van der Waals surface area contributed by atoms with Crippen LogP contribution in [0, 0.1) is 18.3 Å². The number of hydrogen-bond acceptors (Lipinski definition) is 6. The van der Waals surface area contributed by atoms with Crippen LogP contribution in [0.25, 0.3) is 33.7 Å². The number of aromatic nitrogens is 2. The van der Waals surface area contributed by atoms with Crippen molar-refractivity contribution < 1.29 is 4.42 Å². The summed E-state index contributed by atoms with van der Waals surface area (Å²) in [6.45, 7) is 3.84. The summed E-state index contributed by atoms with van der Waals surface area (Å²) in [6.07, 6.45) is 4.53. The zero-order chi connectivity index (χ0) is 22.2. The van der Waals surface area contributed by atoms with Gasteiger partial charge in [0.2, 0.25) is 5.89 Å². The lowest BCUT2D eigenvalue weighted by atomic mass is 9.93. The van der Waals surface area contributed by atoms with Crippen molar-refractivity contribution in [2.45, 2.75) is 19.4 Å². The van der Waals surface area contributed by atoms with Gasteiger partial charge in [-0.1, -0.05) is 30.3 Å². The number of rotatable bonds is 4. The molecule has 5 rings (SSSR count). The van der Waals surface area contributed by atoms with Gasteiger partial charge in [0.1, 0.15) is 11.6 Å². The molecule has 32 heavy (non-hydrogen) atoms. The molecule has 1 aliphatic rings. The first-order chi connectivity index (χ1) is 15.6. The topological polar surface area (TPSA) is 69.2 Å². The molecule has 160 valence electrons. The molecule has 6 heteroatoms. The molecule has 0 N–H and O–H groups in total. The van der Waals surface area contributed by atoms with E-state index < -0.39 is 0 Å². The van der Waals surface area contributed by atoms with E-state index in [-0.39, 0.29) is 0 Å². The minimum Gasteiger partial charge on any atom is -0.434 e.